The lowest BCUT2D eigenvalue weighted by atomic mass is 10.1. The van der Waals surface area contributed by atoms with Crippen LogP contribution in [0.1, 0.15) is 28.4 Å². The predicted octanol–water partition coefficient (Wildman–Crippen LogP) is 3.19. The molecule has 0 atom stereocenters. The van der Waals surface area contributed by atoms with Crippen molar-refractivity contribution >= 4 is 40.9 Å². The number of hydrogen-bond donors (Lipinski definition) is 1. The Morgan fingerprint density at radius 3 is 2.35 bits per heavy atom. The van der Waals surface area contributed by atoms with Gasteiger partial charge in [-0.3, -0.25) is 9.59 Å². The van der Waals surface area contributed by atoms with Gasteiger partial charge in [0.1, 0.15) is 0 Å². The number of anilines is 2. The number of aromatic carboxylic acids is 1. The topological polar surface area (TPSA) is 120 Å². The minimum Gasteiger partial charge on any atom is -0.545 e. The minimum atomic E-state index is -1.30. The van der Waals surface area contributed by atoms with Gasteiger partial charge in [0.05, 0.1) is 30.1 Å². The minimum absolute atomic E-state index is 0.0117. The van der Waals surface area contributed by atoms with Gasteiger partial charge in [-0.1, -0.05) is 35.9 Å². The normalized spacial score (nSPS) is 13.9. The first kappa shape index (κ1) is 25.2. The number of benzene rings is 3. The molecule has 3 aromatic carbocycles. The number of amides is 2. The average molecular weight is 499 g/mol. The molecule has 4 rings (SSSR count). The van der Waals surface area contributed by atoms with Gasteiger partial charge in [-0.25, -0.2) is 0 Å². The summed E-state index contributed by atoms with van der Waals surface area (Å²) in [4.78, 5) is 36.1. The maximum Gasteiger partial charge on any atom is 0.280 e. The number of methoxy groups -OCH3 is 1. The number of hydrazone groups is 1. The maximum absolute atomic E-state index is 13.0. The van der Waals surface area contributed by atoms with Crippen LogP contribution in [0.3, 0.4) is 0 Å². The first-order valence-electron chi connectivity index (χ1n) is 11.4. The van der Waals surface area contributed by atoms with Crippen molar-refractivity contribution in [2.45, 2.75) is 13.8 Å². The highest BCUT2D eigenvalue weighted by atomic mass is 16.5. The molecule has 37 heavy (non-hydrogen) atoms. The predicted molar refractivity (Wildman–Crippen MR) is 138 cm³/mol. The van der Waals surface area contributed by atoms with E-state index in [1.165, 1.54) is 36.4 Å². The number of aryl methyl sites for hydroxylation is 1. The summed E-state index contributed by atoms with van der Waals surface area (Å²) in [5.41, 5.74) is 3.96. The number of ether oxygens (including phenoxy) is 2. The molecule has 2 amide bonds. The monoisotopic (exact) mass is 498 g/mol. The molecule has 0 spiro atoms. The van der Waals surface area contributed by atoms with Gasteiger partial charge in [0.2, 0.25) is 0 Å². The van der Waals surface area contributed by atoms with E-state index in [9.17, 15) is 19.5 Å². The van der Waals surface area contributed by atoms with Crippen molar-refractivity contribution in [2.24, 2.45) is 5.10 Å². The summed E-state index contributed by atoms with van der Waals surface area (Å²) >= 11 is 0. The van der Waals surface area contributed by atoms with E-state index in [4.69, 9.17) is 9.47 Å². The lowest BCUT2D eigenvalue weighted by Crippen LogP contribution is -2.22. The molecule has 1 heterocycles. The zero-order valence-corrected chi connectivity index (χ0v) is 20.5. The molecule has 188 valence electrons. The summed E-state index contributed by atoms with van der Waals surface area (Å²) in [6.07, 6.45) is 1.73. The van der Waals surface area contributed by atoms with Crippen LogP contribution in [0.5, 0.6) is 11.5 Å². The van der Waals surface area contributed by atoms with E-state index in [0.717, 1.165) is 5.56 Å². The molecule has 0 fully saturated rings. The average Bonchev–Trinajstić information content (AvgIpc) is 3.17. The van der Waals surface area contributed by atoms with Crippen molar-refractivity contribution in [3.8, 4) is 11.5 Å². The molecule has 0 aliphatic carbocycles. The summed E-state index contributed by atoms with van der Waals surface area (Å²) in [5.74, 6) is -1.23. The van der Waals surface area contributed by atoms with Gasteiger partial charge in [-0.05, 0) is 67.4 Å². The van der Waals surface area contributed by atoms with Crippen LogP contribution in [0.2, 0.25) is 0 Å². The van der Waals surface area contributed by atoms with Gasteiger partial charge < -0.3 is 24.7 Å². The highest BCUT2D eigenvalue weighted by Crippen LogP contribution is 2.31. The number of carboxylic acids is 1. The van der Waals surface area contributed by atoms with Crippen LogP contribution in [0.15, 0.2) is 77.4 Å². The van der Waals surface area contributed by atoms with Gasteiger partial charge in [0, 0.05) is 5.69 Å². The molecule has 0 saturated heterocycles. The maximum atomic E-state index is 13.0. The molecule has 1 N–H and O–H groups in total. The fraction of sp³-hybridized carbons (Fsp3) is 0.143. The van der Waals surface area contributed by atoms with Crippen LogP contribution in [0, 0.1) is 6.92 Å². The van der Waals surface area contributed by atoms with Crippen molar-refractivity contribution in [1.29, 1.82) is 0 Å². The standard InChI is InChI=1S/C28H25N3O6/c1-17-4-11-22(12-5-17)31-27(33)23(18(2)30-31)14-19-6-13-24(25(15-19)36-3)37-16-26(32)29-21-9-7-20(8-10-21)28(34)35/h4-15H,16H2,1-3H3,(H,29,32)(H,34,35)/p-1/b23-14-. The molecular formula is C28H24N3O6-. The first-order valence-corrected chi connectivity index (χ1v) is 11.4. The molecule has 0 aromatic heterocycles. The summed E-state index contributed by atoms with van der Waals surface area (Å²) in [6, 6.07) is 18.2. The Bertz CT molecular complexity index is 1410. The quantitative estimate of drug-likeness (QED) is 0.476. The number of nitrogens with zero attached hydrogens (tertiary/aromatic N) is 2. The van der Waals surface area contributed by atoms with Crippen LogP contribution in [-0.2, 0) is 9.59 Å². The van der Waals surface area contributed by atoms with Gasteiger partial charge in [-0.15, -0.1) is 0 Å². The van der Waals surface area contributed by atoms with E-state index in [1.54, 1.807) is 31.2 Å². The van der Waals surface area contributed by atoms with Gasteiger partial charge >= 0.3 is 0 Å². The second-order valence-corrected chi connectivity index (χ2v) is 8.31. The molecule has 3 aromatic rings. The Morgan fingerprint density at radius 1 is 1.00 bits per heavy atom. The van der Waals surface area contributed by atoms with Crippen molar-refractivity contribution in [3.05, 3.63) is 89.0 Å². The molecule has 0 radical (unpaired) electrons. The number of carbonyl (C=O) groups is 3. The highest BCUT2D eigenvalue weighted by Gasteiger charge is 2.28. The molecule has 9 nitrogen and oxygen atoms in total. The summed E-state index contributed by atoms with van der Waals surface area (Å²) in [7, 11) is 1.48. The number of hydrogen-bond acceptors (Lipinski definition) is 7. The molecular weight excluding hydrogens is 474 g/mol. The third-order valence-electron chi connectivity index (χ3n) is 5.60. The Morgan fingerprint density at radius 2 is 1.70 bits per heavy atom. The van der Waals surface area contributed by atoms with Crippen molar-refractivity contribution in [1.82, 2.24) is 0 Å². The van der Waals surface area contributed by atoms with Crippen LogP contribution in [0.4, 0.5) is 11.4 Å². The number of carbonyl (C=O) groups excluding carboxylic acids is 3. The fourth-order valence-electron chi connectivity index (χ4n) is 3.64. The Labute approximate surface area is 213 Å². The zero-order valence-electron chi connectivity index (χ0n) is 20.5. The Balaban J connectivity index is 1.43. The third kappa shape index (κ3) is 5.84. The highest BCUT2D eigenvalue weighted by molar-refractivity contribution is 6.32. The second-order valence-electron chi connectivity index (χ2n) is 8.31. The second kappa shape index (κ2) is 10.8. The lowest BCUT2D eigenvalue weighted by Gasteiger charge is -2.13. The summed E-state index contributed by atoms with van der Waals surface area (Å²) < 4.78 is 11.0. The van der Waals surface area contributed by atoms with Crippen LogP contribution in [0.25, 0.3) is 6.08 Å². The number of nitrogens with one attached hydrogen (secondary N) is 1. The lowest BCUT2D eigenvalue weighted by molar-refractivity contribution is -0.255. The van der Waals surface area contributed by atoms with Crippen LogP contribution < -0.4 is 24.9 Å². The molecule has 0 bridgehead atoms. The number of carboxylic acid groups (broad SMARTS) is 1. The van der Waals surface area contributed by atoms with Crippen molar-refractivity contribution < 1.29 is 29.0 Å². The van der Waals surface area contributed by atoms with E-state index in [-0.39, 0.29) is 18.1 Å². The molecule has 9 heteroatoms. The zero-order chi connectivity index (χ0) is 26.5. The smallest absolute Gasteiger partial charge is 0.280 e. The van der Waals surface area contributed by atoms with E-state index in [2.05, 4.69) is 10.4 Å². The number of rotatable bonds is 8. The van der Waals surface area contributed by atoms with Crippen LogP contribution in [-0.4, -0.2) is 37.2 Å². The Kier molecular flexibility index (Phi) is 7.34. The van der Waals surface area contributed by atoms with E-state index < -0.39 is 11.9 Å². The third-order valence-corrected chi connectivity index (χ3v) is 5.60. The molecule has 1 aliphatic heterocycles. The largest absolute Gasteiger partial charge is 0.545 e. The fourth-order valence-corrected chi connectivity index (χ4v) is 3.64. The summed E-state index contributed by atoms with van der Waals surface area (Å²) in [6.45, 7) is 3.45. The summed E-state index contributed by atoms with van der Waals surface area (Å²) in [5, 5.41) is 19.2. The van der Waals surface area contributed by atoms with E-state index in [1.807, 2.05) is 31.2 Å². The molecule has 0 saturated carbocycles. The Hall–Kier alpha value is -4.92. The van der Waals surface area contributed by atoms with Crippen LogP contribution >= 0.6 is 0 Å². The molecule has 0 unspecified atom stereocenters. The van der Waals surface area contributed by atoms with E-state index >= 15 is 0 Å². The van der Waals surface area contributed by atoms with E-state index in [0.29, 0.717) is 39.7 Å². The van der Waals surface area contributed by atoms with Crippen molar-refractivity contribution in [2.75, 3.05) is 24.0 Å². The van der Waals surface area contributed by atoms with Gasteiger partial charge in [0.25, 0.3) is 11.8 Å². The van der Waals surface area contributed by atoms with Gasteiger partial charge in [0.15, 0.2) is 18.1 Å². The first-order chi connectivity index (χ1) is 17.7. The van der Waals surface area contributed by atoms with Crippen molar-refractivity contribution in [3.63, 3.8) is 0 Å². The molecule has 1 aliphatic rings. The van der Waals surface area contributed by atoms with Gasteiger partial charge in [-0.2, -0.15) is 10.1 Å². The SMILES string of the molecule is COc1cc(/C=C2\C(=O)N(c3ccc(C)cc3)N=C2C)ccc1OCC(=O)Nc1ccc(C(=O)[O-])cc1.